The van der Waals surface area contributed by atoms with Crippen LogP contribution < -0.4 is 10.6 Å². The maximum atomic E-state index is 11.2. The molecular formula is C10H10N2O4. The lowest BCUT2D eigenvalue weighted by molar-refractivity contribution is -0.135. The summed E-state index contributed by atoms with van der Waals surface area (Å²) in [4.78, 5) is 32.9. The monoisotopic (exact) mass is 222 g/mol. The van der Waals surface area contributed by atoms with Gasteiger partial charge in [0.05, 0.1) is 11.3 Å². The number of hydrogen-bond donors (Lipinski definition) is 3. The number of carboxylic acid groups (broad SMARTS) is 1. The molecule has 1 aromatic carbocycles. The molecule has 0 aliphatic carbocycles. The standard InChI is InChI=1S/C10H10N2O4/c1-11-8(13)9(14)12-7-5-3-2-4-6(7)10(15)16/h2-5H,1H3,(H,11,13)(H,12,14)(H,15,16). The molecule has 0 heterocycles. The molecule has 0 saturated carbocycles. The zero-order valence-electron chi connectivity index (χ0n) is 8.48. The lowest BCUT2D eigenvalue weighted by Gasteiger charge is -2.06. The van der Waals surface area contributed by atoms with Gasteiger partial charge in [-0.1, -0.05) is 12.1 Å². The summed E-state index contributed by atoms with van der Waals surface area (Å²) in [5.41, 5.74) is 0.0170. The maximum absolute atomic E-state index is 11.2. The van der Waals surface area contributed by atoms with E-state index in [0.29, 0.717) is 0 Å². The first-order chi connectivity index (χ1) is 7.56. The van der Waals surface area contributed by atoms with Gasteiger partial charge in [-0.05, 0) is 12.1 Å². The number of anilines is 1. The highest BCUT2D eigenvalue weighted by atomic mass is 16.4. The number of rotatable bonds is 2. The van der Waals surface area contributed by atoms with Gasteiger partial charge in [0.2, 0.25) is 0 Å². The Morgan fingerprint density at radius 2 is 1.75 bits per heavy atom. The Labute approximate surface area is 91.3 Å². The van der Waals surface area contributed by atoms with Crippen LogP contribution in [0.25, 0.3) is 0 Å². The highest BCUT2D eigenvalue weighted by Gasteiger charge is 2.15. The molecule has 3 N–H and O–H groups in total. The predicted molar refractivity (Wildman–Crippen MR) is 56.1 cm³/mol. The van der Waals surface area contributed by atoms with Crippen LogP contribution in [0, 0.1) is 0 Å². The largest absolute Gasteiger partial charge is 0.478 e. The maximum Gasteiger partial charge on any atom is 0.337 e. The summed E-state index contributed by atoms with van der Waals surface area (Å²) in [6, 6.07) is 5.83. The van der Waals surface area contributed by atoms with Crippen molar-refractivity contribution in [2.45, 2.75) is 0 Å². The Morgan fingerprint density at radius 1 is 1.12 bits per heavy atom. The minimum Gasteiger partial charge on any atom is -0.478 e. The predicted octanol–water partition coefficient (Wildman–Crippen LogP) is 0.0693. The summed E-state index contributed by atoms with van der Waals surface area (Å²) in [6.45, 7) is 0. The smallest absolute Gasteiger partial charge is 0.337 e. The van der Waals surface area contributed by atoms with Crippen LogP contribution in [-0.2, 0) is 9.59 Å². The Morgan fingerprint density at radius 3 is 2.31 bits per heavy atom. The Kier molecular flexibility index (Phi) is 3.60. The van der Waals surface area contributed by atoms with E-state index in [1.807, 2.05) is 0 Å². The summed E-state index contributed by atoms with van der Waals surface area (Å²) in [6.07, 6.45) is 0. The second-order valence-electron chi connectivity index (χ2n) is 2.88. The first kappa shape index (κ1) is 11.7. The number of hydrogen-bond acceptors (Lipinski definition) is 3. The van der Waals surface area contributed by atoms with Crippen molar-refractivity contribution in [3.8, 4) is 0 Å². The van der Waals surface area contributed by atoms with Gasteiger partial charge in [-0.15, -0.1) is 0 Å². The van der Waals surface area contributed by atoms with Crippen LogP contribution >= 0.6 is 0 Å². The van der Waals surface area contributed by atoms with E-state index in [9.17, 15) is 14.4 Å². The topological polar surface area (TPSA) is 95.5 Å². The van der Waals surface area contributed by atoms with Crippen molar-refractivity contribution in [1.82, 2.24) is 5.32 Å². The van der Waals surface area contributed by atoms with E-state index in [1.165, 1.54) is 25.2 Å². The van der Waals surface area contributed by atoms with E-state index in [2.05, 4.69) is 10.6 Å². The zero-order chi connectivity index (χ0) is 12.1. The molecule has 0 spiro atoms. The fraction of sp³-hybridized carbons (Fsp3) is 0.100. The van der Waals surface area contributed by atoms with Gasteiger partial charge in [0.1, 0.15) is 0 Å². The lowest BCUT2D eigenvalue weighted by atomic mass is 10.2. The molecule has 84 valence electrons. The number of nitrogens with one attached hydrogen (secondary N) is 2. The minimum atomic E-state index is -1.17. The number of amides is 2. The van der Waals surface area contributed by atoms with Crippen LogP contribution in [0.1, 0.15) is 10.4 Å². The van der Waals surface area contributed by atoms with Crippen molar-refractivity contribution in [3.63, 3.8) is 0 Å². The SMILES string of the molecule is CNC(=O)C(=O)Nc1ccccc1C(=O)O. The number of likely N-dealkylation sites (N-methyl/N-ethyl adjacent to an activating group) is 1. The molecule has 0 aromatic heterocycles. The molecule has 1 aromatic rings. The van der Waals surface area contributed by atoms with Crippen molar-refractivity contribution in [2.75, 3.05) is 12.4 Å². The van der Waals surface area contributed by atoms with Gasteiger partial charge in [-0.3, -0.25) is 9.59 Å². The molecule has 0 aliphatic rings. The molecule has 16 heavy (non-hydrogen) atoms. The van der Waals surface area contributed by atoms with Crippen LogP contribution in [0.2, 0.25) is 0 Å². The van der Waals surface area contributed by atoms with Crippen LogP contribution in [-0.4, -0.2) is 29.9 Å². The van der Waals surface area contributed by atoms with Crippen LogP contribution in [0.4, 0.5) is 5.69 Å². The third-order valence-electron chi connectivity index (χ3n) is 1.84. The van der Waals surface area contributed by atoms with Gasteiger partial charge in [-0.2, -0.15) is 0 Å². The average Bonchev–Trinajstić information content (AvgIpc) is 2.28. The summed E-state index contributed by atoms with van der Waals surface area (Å²) < 4.78 is 0. The second-order valence-corrected chi connectivity index (χ2v) is 2.88. The highest BCUT2D eigenvalue weighted by Crippen LogP contribution is 2.14. The van der Waals surface area contributed by atoms with E-state index in [0.717, 1.165) is 0 Å². The molecule has 0 aliphatic heterocycles. The molecule has 0 fully saturated rings. The molecule has 0 radical (unpaired) electrons. The molecule has 0 bridgehead atoms. The highest BCUT2D eigenvalue weighted by molar-refractivity contribution is 6.39. The number of para-hydroxylation sites is 1. The van der Waals surface area contributed by atoms with Crippen LogP contribution in [0.3, 0.4) is 0 Å². The second kappa shape index (κ2) is 4.92. The summed E-state index contributed by atoms with van der Waals surface area (Å²) >= 11 is 0. The first-order valence-corrected chi connectivity index (χ1v) is 4.41. The Bertz CT molecular complexity index is 442. The molecule has 6 heteroatoms. The molecule has 1 rings (SSSR count). The van der Waals surface area contributed by atoms with Gasteiger partial charge in [0.25, 0.3) is 0 Å². The van der Waals surface area contributed by atoms with Gasteiger partial charge >= 0.3 is 17.8 Å². The van der Waals surface area contributed by atoms with Gasteiger partial charge in [0, 0.05) is 7.05 Å². The van der Waals surface area contributed by atoms with Crippen molar-refractivity contribution in [1.29, 1.82) is 0 Å². The molecule has 0 unspecified atom stereocenters. The van der Waals surface area contributed by atoms with Crippen molar-refractivity contribution >= 4 is 23.5 Å². The molecule has 0 saturated heterocycles. The fourth-order valence-electron chi connectivity index (χ4n) is 1.07. The van der Waals surface area contributed by atoms with Crippen molar-refractivity contribution in [3.05, 3.63) is 29.8 Å². The van der Waals surface area contributed by atoms with Crippen LogP contribution in [0.15, 0.2) is 24.3 Å². The summed E-state index contributed by atoms with van der Waals surface area (Å²) in [7, 11) is 1.31. The Hall–Kier alpha value is -2.37. The van der Waals surface area contributed by atoms with Crippen molar-refractivity contribution in [2.24, 2.45) is 0 Å². The molecule has 6 nitrogen and oxygen atoms in total. The molecule has 2 amide bonds. The van der Waals surface area contributed by atoms with Crippen molar-refractivity contribution < 1.29 is 19.5 Å². The number of aromatic carboxylic acids is 1. The number of carbonyl (C=O) groups excluding carboxylic acids is 2. The van der Waals surface area contributed by atoms with E-state index < -0.39 is 17.8 Å². The number of carbonyl (C=O) groups is 3. The van der Waals surface area contributed by atoms with Crippen LogP contribution in [0.5, 0.6) is 0 Å². The molecular weight excluding hydrogens is 212 g/mol. The summed E-state index contributed by atoms with van der Waals surface area (Å²) in [5, 5.41) is 13.2. The quantitative estimate of drug-likeness (QED) is 0.617. The van der Waals surface area contributed by atoms with E-state index in [4.69, 9.17) is 5.11 Å². The average molecular weight is 222 g/mol. The zero-order valence-corrected chi connectivity index (χ0v) is 8.48. The summed E-state index contributed by atoms with van der Waals surface area (Å²) in [5.74, 6) is -2.91. The van der Waals surface area contributed by atoms with Gasteiger partial charge in [0.15, 0.2) is 0 Å². The van der Waals surface area contributed by atoms with E-state index in [-0.39, 0.29) is 11.3 Å². The normalized spacial score (nSPS) is 9.31. The number of benzene rings is 1. The first-order valence-electron chi connectivity index (χ1n) is 4.41. The third-order valence-corrected chi connectivity index (χ3v) is 1.84. The van der Waals surface area contributed by atoms with E-state index >= 15 is 0 Å². The van der Waals surface area contributed by atoms with Gasteiger partial charge in [-0.25, -0.2) is 4.79 Å². The lowest BCUT2D eigenvalue weighted by Crippen LogP contribution is -2.33. The van der Waals surface area contributed by atoms with Gasteiger partial charge < -0.3 is 15.7 Å². The minimum absolute atomic E-state index is 0.0697. The number of carboxylic acids is 1. The Balaban J connectivity index is 2.93. The third kappa shape index (κ3) is 2.57. The molecule has 0 atom stereocenters. The fourth-order valence-corrected chi connectivity index (χ4v) is 1.07. The van der Waals surface area contributed by atoms with E-state index in [1.54, 1.807) is 6.07 Å².